The molecule has 1 aromatic rings. The van der Waals surface area contributed by atoms with Crippen LogP contribution < -0.4 is 5.32 Å². The lowest BCUT2D eigenvalue weighted by Gasteiger charge is -2.14. The Morgan fingerprint density at radius 3 is 2.70 bits per heavy atom. The molecule has 4 nitrogen and oxygen atoms in total. The zero-order valence-corrected chi connectivity index (χ0v) is 14.1. The number of hydrogen-bond acceptors (Lipinski definition) is 4. The van der Waals surface area contributed by atoms with Gasteiger partial charge in [0.15, 0.2) is 0 Å². The Balaban J connectivity index is 1.89. The average Bonchev–Trinajstić information content (AvgIpc) is 2.82. The van der Waals surface area contributed by atoms with Gasteiger partial charge in [0.25, 0.3) is 0 Å². The molecule has 1 heterocycles. The minimum atomic E-state index is -3.10. The summed E-state index contributed by atoms with van der Waals surface area (Å²) in [5, 5.41) is 3.32. The maximum atomic E-state index is 11.7. The van der Waals surface area contributed by atoms with Gasteiger partial charge in [-0.05, 0) is 44.2 Å². The van der Waals surface area contributed by atoms with Gasteiger partial charge in [-0.2, -0.15) is 0 Å². The maximum absolute atomic E-state index is 11.7. The molecule has 6 heteroatoms. The van der Waals surface area contributed by atoms with Crippen LogP contribution in [0.4, 0.5) is 0 Å². The summed E-state index contributed by atoms with van der Waals surface area (Å²) in [6.07, 6.45) is 5.01. The first-order valence-corrected chi connectivity index (χ1v) is 9.58. The topological polar surface area (TPSA) is 49.4 Å². The van der Waals surface area contributed by atoms with Crippen LogP contribution in [0.25, 0.3) is 0 Å². The number of fused-ring (bicyclic) bond motifs is 1. The molecule has 0 saturated heterocycles. The van der Waals surface area contributed by atoms with E-state index in [9.17, 15) is 8.42 Å². The van der Waals surface area contributed by atoms with E-state index < -0.39 is 10.0 Å². The summed E-state index contributed by atoms with van der Waals surface area (Å²) in [6, 6.07) is 2.53. The quantitative estimate of drug-likeness (QED) is 0.875. The van der Waals surface area contributed by atoms with Gasteiger partial charge < -0.3 is 5.32 Å². The average molecular weight is 316 g/mol. The van der Waals surface area contributed by atoms with Gasteiger partial charge in [-0.1, -0.05) is 0 Å². The fourth-order valence-corrected chi connectivity index (χ4v) is 4.44. The zero-order valence-electron chi connectivity index (χ0n) is 12.5. The van der Waals surface area contributed by atoms with Crippen molar-refractivity contribution in [3.63, 3.8) is 0 Å². The van der Waals surface area contributed by atoms with E-state index in [1.165, 1.54) is 45.3 Å². The zero-order chi connectivity index (χ0) is 14.8. The van der Waals surface area contributed by atoms with E-state index in [4.69, 9.17) is 0 Å². The minimum Gasteiger partial charge on any atom is -0.308 e. The van der Waals surface area contributed by atoms with Crippen molar-refractivity contribution in [2.45, 2.75) is 38.6 Å². The molecule has 0 saturated carbocycles. The van der Waals surface area contributed by atoms with Gasteiger partial charge in [-0.15, -0.1) is 11.3 Å². The van der Waals surface area contributed by atoms with Crippen LogP contribution in [-0.4, -0.2) is 39.1 Å². The molecule has 1 atom stereocenters. The molecule has 0 amide bonds. The molecule has 0 spiro atoms. The summed E-state index contributed by atoms with van der Waals surface area (Å²) in [5.74, 6) is 0.148. The molecule has 20 heavy (non-hydrogen) atoms. The number of hydrogen-bond donors (Lipinski definition) is 1. The highest BCUT2D eigenvalue weighted by Crippen LogP contribution is 2.32. The predicted molar refractivity (Wildman–Crippen MR) is 84.9 cm³/mol. The molecule has 0 aliphatic heterocycles. The number of nitrogens with zero attached hydrogens (tertiary/aromatic N) is 1. The third-order valence-corrected chi connectivity index (χ3v) is 7.06. The van der Waals surface area contributed by atoms with Crippen LogP contribution in [0.2, 0.25) is 0 Å². The van der Waals surface area contributed by atoms with Crippen LogP contribution in [0.15, 0.2) is 6.07 Å². The summed E-state index contributed by atoms with van der Waals surface area (Å²) in [6.45, 7) is 2.60. The number of aryl methyl sites for hydroxylation is 2. The van der Waals surface area contributed by atoms with E-state index >= 15 is 0 Å². The van der Waals surface area contributed by atoms with Crippen LogP contribution in [-0.2, 0) is 22.9 Å². The van der Waals surface area contributed by atoms with Crippen LogP contribution in [0.1, 0.15) is 41.1 Å². The second-order valence-electron chi connectivity index (χ2n) is 5.58. The molecule has 1 N–H and O–H groups in total. The second-order valence-corrected chi connectivity index (χ2v) is 9.05. The van der Waals surface area contributed by atoms with Crippen molar-refractivity contribution >= 4 is 21.4 Å². The van der Waals surface area contributed by atoms with Crippen molar-refractivity contribution < 1.29 is 8.42 Å². The molecular weight excluding hydrogens is 292 g/mol. The molecule has 1 aliphatic rings. The van der Waals surface area contributed by atoms with Gasteiger partial charge in [-0.25, -0.2) is 12.7 Å². The molecule has 1 aromatic heterocycles. The van der Waals surface area contributed by atoms with E-state index in [0.717, 1.165) is 0 Å². The monoisotopic (exact) mass is 316 g/mol. The van der Waals surface area contributed by atoms with E-state index in [1.54, 1.807) is 14.1 Å². The molecule has 0 aromatic carbocycles. The Bertz CT molecular complexity index is 526. The van der Waals surface area contributed by atoms with Gasteiger partial charge in [0.05, 0.1) is 5.75 Å². The lowest BCUT2D eigenvalue weighted by atomic mass is 9.99. The first-order valence-electron chi connectivity index (χ1n) is 7.15. The van der Waals surface area contributed by atoms with Gasteiger partial charge in [0.2, 0.25) is 10.0 Å². The van der Waals surface area contributed by atoms with Gasteiger partial charge in [0.1, 0.15) is 0 Å². The molecule has 114 valence electrons. The largest absolute Gasteiger partial charge is 0.308 e. The Kier molecular flexibility index (Phi) is 5.23. The van der Waals surface area contributed by atoms with E-state index in [1.807, 2.05) is 11.3 Å². The Labute approximate surface area is 126 Å². The Hall–Kier alpha value is -0.430. The van der Waals surface area contributed by atoms with Gasteiger partial charge in [-0.3, -0.25) is 0 Å². The Morgan fingerprint density at radius 2 is 2.05 bits per heavy atom. The van der Waals surface area contributed by atoms with Gasteiger partial charge >= 0.3 is 0 Å². The summed E-state index contributed by atoms with van der Waals surface area (Å²) in [5.41, 5.74) is 1.51. The smallest absolute Gasteiger partial charge is 0.214 e. The summed E-state index contributed by atoms with van der Waals surface area (Å²) < 4.78 is 24.7. The van der Waals surface area contributed by atoms with E-state index in [0.29, 0.717) is 6.54 Å². The summed E-state index contributed by atoms with van der Waals surface area (Å²) in [7, 11) is 0.0469. The van der Waals surface area contributed by atoms with Crippen LogP contribution in [0.3, 0.4) is 0 Å². The highest BCUT2D eigenvalue weighted by Gasteiger charge is 2.18. The predicted octanol–water partition coefficient (Wildman–Crippen LogP) is 2.17. The molecule has 1 unspecified atom stereocenters. The highest BCUT2D eigenvalue weighted by atomic mass is 32.2. The number of rotatable bonds is 6. The highest BCUT2D eigenvalue weighted by molar-refractivity contribution is 7.89. The van der Waals surface area contributed by atoms with E-state index in [-0.39, 0.29) is 11.8 Å². The summed E-state index contributed by atoms with van der Waals surface area (Å²) in [4.78, 5) is 2.86. The van der Waals surface area contributed by atoms with Crippen molar-refractivity contribution in [3.05, 3.63) is 21.4 Å². The first kappa shape index (κ1) is 15.9. The minimum absolute atomic E-state index is 0.148. The number of nitrogens with one attached hydrogen (secondary N) is 1. The fraction of sp³-hybridized carbons (Fsp3) is 0.714. The molecular formula is C14H24N2O2S2. The molecule has 1 aliphatic carbocycles. The van der Waals surface area contributed by atoms with Crippen molar-refractivity contribution in [3.8, 4) is 0 Å². The Morgan fingerprint density at radius 1 is 1.35 bits per heavy atom. The van der Waals surface area contributed by atoms with Crippen LogP contribution in [0, 0.1) is 0 Å². The maximum Gasteiger partial charge on any atom is 0.214 e. The van der Waals surface area contributed by atoms with Crippen LogP contribution >= 0.6 is 11.3 Å². The first-order chi connectivity index (χ1) is 9.40. The van der Waals surface area contributed by atoms with Crippen LogP contribution in [0.5, 0.6) is 0 Å². The fourth-order valence-electron chi connectivity index (χ4n) is 2.41. The van der Waals surface area contributed by atoms with Crippen molar-refractivity contribution in [1.29, 1.82) is 0 Å². The molecule has 0 bridgehead atoms. The lowest BCUT2D eigenvalue weighted by molar-refractivity contribution is 0.513. The standard InChI is InChI=1S/C14H24N2O2S2/c1-11(15-8-9-20(17,18)16(2)3)14-10-12-6-4-5-7-13(12)19-14/h10-11,15H,4-9H2,1-3H3. The van der Waals surface area contributed by atoms with Gasteiger partial charge in [0, 0.05) is 36.4 Å². The number of thiophene rings is 1. The molecule has 2 rings (SSSR count). The SMILES string of the molecule is CC(NCCS(=O)(=O)N(C)C)c1cc2c(s1)CCCC2. The van der Waals surface area contributed by atoms with Crippen molar-refractivity contribution in [1.82, 2.24) is 9.62 Å². The third-order valence-electron chi connectivity index (χ3n) is 3.81. The molecule has 0 radical (unpaired) electrons. The normalized spacial score (nSPS) is 17.2. The lowest BCUT2D eigenvalue weighted by Crippen LogP contribution is -2.32. The van der Waals surface area contributed by atoms with Crippen molar-refractivity contribution in [2.24, 2.45) is 0 Å². The van der Waals surface area contributed by atoms with E-state index in [2.05, 4.69) is 18.3 Å². The second kappa shape index (κ2) is 6.56. The van der Waals surface area contributed by atoms with Crippen molar-refractivity contribution in [2.75, 3.05) is 26.4 Å². The summed E-state index contributed by atoms with van der Waals surface area (Å²) >= 11 is 1.89. The number of sulfonamides is 1. The molecule has 0 fully saturated rings. The third kappa shape index (κ3) is 3.81.